The Morgan fingerprint density at radius 1 is 1.60 bits per heavy atom. The molecule has 0 fully saturated rings. The van der Waals surface area contributed by atoms with E-state index in [1.165, 1.54) is 5.71 Å². The first-order valence-electron chi connectivity index (χ1n) is 3.65. The Morgan fingerprint density at radius 2 is 2.30 bits per heavy atom. The lowest BCUT2D eigenvalue weighted by Crippen LogP contribution is -2.24. The molecule has 0 saturated carbocycles. The molecule has 1 rings (SSSR count). The molecule has 10 heavy (non-hydrogen) atoms. The van der Waals surface area contributed by atoms with Gasteiger partial charge in [-0.05, 0) is 5.92 Å². The molecule has 0 spiro atoms. The molecule has 0 aliphatic carbocycles. The van der Waals surface area contributed by atoms with Crippen LogP contribution >= 0.6 is 0 Å². The molecule has 1 aliphatic rings. The van der Waals surface area contributed by atoms with Crippen molar-refractivity contribution >= 4 is 5.71 Å². The maximum absolute atomic E-state index is 4.32. The van der Waals surface area contributed by atoms with Gasteiger partial charge in [0.2, 0.25) is 0 Å². The van der Waals surface area contributed by atoms with Crippen molar-refractivity contribution in [3.8, 4) is 0 Å². The van der Waals surface area contributed by atoms with Crippen molar-refractivity contribution in [3.63, 3.8) is 0 Å². The van der Waals surface area contributed by atoms with Crippen LogP contribution in [-0.2, 0) is 0 Å². The SMILES string of the molecule is C=C1CC(C(C)C)=NCN1. The van der Waals surface area contributed by atoms with E-state index in [0.29, 0.717) is 12.6 Å². The zero-order chi connectivity index (χ0) is 7.56. The molecule has 56 valence electrons. The second kappa shape index (κ2) is 2.86. The smallest absolute Gasteiger partial charge is 0.107 e. The second-order valence-corrected chi connectivity index (χ2v) is 2.92. The fourth-order valence-corrected chi connectivity index (χ4v) is 0.977. The van der Waals surface area contributed by atoms with Crippen LogP contribution in [0.4, 0.5) is 0 Å². The Labute approximate surface area is 62.0 Å². The highest BCUT2D eigenvalue weighted by Crippen LogP contribution is 2.09. The Balaban J connectivity index is 2.60. The van der Waals surface area contributed by atoms with Gasteiger partial charge in [-0.1, -0.05) is 20.4 Å². The van der Waals surface area contributed by atoms with Crippen LogP contribution in [0.3, 0.4) is 0 Å². The van der Waals surface area contributed by atoms with Crippen LogP contribution in [0.2, 0.25) is 0 Å². The predicted octanol–water partition coefficient (Wildman–Crippen LogP) is 1.55. The fourth-order valence-electron chi connectivity index (χ4n) is 0.977. The minimum atomic E-state index is 0.568. The van der Waals surface area contributed by atoms with E-state index < -0.39 is 0 Å². The van der Waals surface area contributed by atoms with Gasteiger partial charge in [0.05, 0.1) is 0 Å². The molecule has 2 heteroatoms. The first kappa shape index (κ1) is 7.32. The van der Waals surface area contributed by atoms with Gasteiger partial charge < -0.3 is 5.32 Å². The Morgan fingerprint density at radius 3 is 2.70 bits per heavy atom. The average Bonchev–Trinajstić information content (AvgIpc) is 1.88. The van der Waals surface area contributed by atoms with Gasteiger partial charge in [0, 0.05) is 17.8 Å². The quantitative estimate of drug-likeness (QED) is 0.584. The normalized spacial score (nSPS) is 18.7. The molecule has 2 nitrogen and oxygen atoms in total. The zero-order valence-corrected chi connectivity index (χ0v) is 6.65. The molecular weight excluding hydrogens is 124 g/mol. The van der Waals surface area contributed by atoms with Gasteiger partial charge in [-0.15, -0.1) is 0 Å². The molecule has 0 aromatic rings. The largest absolute Gasteiger partial charge is 0.370 e. The first-order chi connectivity index (χ1) is 4.70. The number of allylic oxidation sites excluding steroid dienone is 1. The third kappa shape index (κ3) is 1.59. The molecule has 0 saturated heterocycles. The summed E-state index contributed by atoms with van der Waals surface area (Å²) in [7, 11) is 0. The third-order valence-corrected chi connectivity index (χ3v) is 1.67. The Bertz CT molecular complexity index is 168. The summed E-state index contributed by atoms with van der Waals surface area (Å²) in [5.74, 6) is 0.568. The van der Waals surface area contributed by atoms with Crippen LogP contribution in [0.1, 0.15) is 20.3 Å². The summed E-state index contributed by atoms with van der Waals surface area (Å²) in [6.07, 6.45) is 0.928. The summed E-state index contributed by atoms with van der Waals surface area (Å²) < 4.78 is 0. The number of nitrogens with zero attached hydrogens (tertiary/aromatic N) is 1. The molecule has 0 radical (unpaired) electrons. The van der Waals surface area contributed by atoms with Crippen LogP contribution in [0, 0.1) is 5.92 Å². The number of rotatable bonds is 1. The summed E-state index contributed by atoms with van der Waals surface area (Å²) in [5.41, 5.74) is 2.36. The molecule has 0 aromatic carbocycles. The van der Waals surface area contributed by atoms with E-state index in [-0.39, 0.29) is 0 Å². The Kier molecular flexibility index (Phi) is 2.10. The lowest BCUT2D eigenvalue weighted by atomic mass is 10.0. The molecule has 0 aromatic heterocycles. The standard InChI is InChI=1S/C8H14N2/c1-6(2)8-4-7(3)9-5-10-8/h6,9H,3-5H2,1-2H3. The van der Waals surface area contributed by atoms with Crippen molar-refractivity contribution in [2.45, 2.75) is 20.3 Å². The van der Waals surface area contributed by atoms with Gasteiger partial charge in [-0.2, -0.15) is 0 Å². The molecule has 1 aliphatic heterocycles. The van der Waals surface area contributed by atoms with Crippen LogP contribution in [-0.4, -0.2) is 12.4 Å². The highest BCUT2D eigenvalue weighted by atomic mass is 15.0. The van der Waals surface area contributed by atoms with Gasteiger partial charge in [-0.25, -0.2) is 0 Å². The van der Waals surface area contributed by atoms with Crippen LogP contribution in [0.5, 0.6) is 0 Å². The number of hydrogen-bond acceptors (Lipinski definition) is 2. The number of hydrogen-bond donors (Lipinski definition) is 1. The van der Waals surface area contributed by atoms with Crippen LogP contribution in [0.15, 0.2) is 17.3 Å². The van der Waals surface area contributed by atoms with Gasteiger partial charge in [0.25, 0.3) is 0 Å². The predicted molar refractivity (Wildman–Crippen MR) is 44.0 cm³/mol. The lowest BCUT2D eigenvalue weighted by molar-refractivity contribution is 0.738. The number of nitrogens with one attached hydrogen (secondary N) is 1. The second-order valence-electron chi connectivity index (χ2n) is 2.92. The van der Waals surface area contributed by atoms with Crippen molar-refractivity contribution < 1.29 is 0 Å². The third-order valence-electron chi connectivity index (χ3n) is 1.67. The van der Waals surface area contributed by atoms with Gasteiger partial charge in [0.15, 0.2) is 0 Å². The van der Waals surface area contributed by atoms with Crippen LogP contribution < -0.4 is 5.32 Å². The molecule has 0 amide bonds. The maximum Gasteiger partial charge on any atom is 0.107 e. The fraction of sp³-hybridized carbons (Fsp3) is 0.625. The minimum absolute atomic E-state index is 0.568. The van der Waals surface area contributed by atoms with Crippen molar-refractivity contribution in [2.75, 3.05) is 6.67 Å². The summed E-state index contributed by atoms with van der Waals surface area (Å²) in [6, 6.07) is 0. The first-order valence-corrected chi connectivity index (χ1v) is 3.65. The van der Waals surface area contributed by atoms with Crippen molar-refractivity contribution in [1.29, 1.82) is 0 Å². The molecule has 0 unspecified atom stereocenters. The van der Waals surface area contributed by atoms with Gasteiger partial charge >= 0.3 is 0 Å². The van der Waals surface area contributed by atoms with E-state index in [4.69, 9.17) is 0 Å². The van der Waals surface area contributed by atoms with E-state index in [2.05, 4.69) is 30.7 Å². The monoisotopic (exact) mass is 138 g/mol. The van der Waals surface area contributed by atoms with Crippen molar-refractivity contribution in [3.05, 3.63) is 12.3 Å². The lowest BCUT2D eigenvalue weighted by Gasteiger charge is -2.18. The van der Waals surface area contributed by atoms with Crippen LogP contribution in [0.25, 0.3) is 0 Å². The van der Waals surface area contributed by atoms with E-state index in [1.807, 2.05) is 0 Å². The van der Waals surface area contributed by atoms with Gasteiger partial charge in [0.1, 0.15) is 6.67 Å². The van der Waals surface area contributed by atoms with Crippen molar-refractivity contribution in [1.82, 2.24) is 5.32 Å². The molecule has 0 atom stereocenters. The molecular formula is C8H14N2. The molecule has 0 bridgehead atoms. The highest BCUT2D eigenvalue weighted by Gasteiger charge is 2.09. The summed E-state index contributed by atoms with van der Waals surface area (Å²) >= 11 is 0. The van der Waals surface area contributed by atoms with E-state index in [9.17, 15) is 0 Å². The van der Waals surface area contributed by atoms with Crippen molar-refractivity contribution in [2.24, 2.45) is 10.9 Å². The van der Waals surface area contributed by atoms with Gasteiger partial charge in [-0.3, -0.25) is 4.99 Å². The molecule has 1 N–H and O–H groups in total. The maximum atomic E-state index is 4.32. The summed E-state index contributed by atoms with van der Waals surface area (Å²) in [4.78, 5) is 4.32. The molecule has 1 heterocycles. The number of aliphatic imine (C=N–C) groups is 1. The summed E-state index contributed by atoms with van der Waals surface area (Å²) in [5, 5.41) is 3.08. The van der Waals surface area contributed by atoms with E-state index in [1.54, 1.807) is 0 Å². The highest BCUT2D eigenvalue weighted by molar-refractivity contribution is 5.88. The van der Waals surface area contributed by atoms with E-state index in [0.717, 1.165) is 12.1 Å². The average molecular weight is 138 g/mol. The van der Waals surface area contributed by atoms with E-state index >= 15 is 0 Å². The topological polar surface area (TPSA) is 24.4 Å². The zero-order valence-electron chi connectivity index (χ0n) is 6.65. The summed E-state index contributed by atoms with van der Waals surface area (Å²) in [6.45, 7) is 8.90. The Hall–Kier alpha value is -0.790. The minimum Gasteiger partial charge on any atom is -0.370 e.